The van der Waals surface area contributed by atoms with Crippen molar-refractivity contribution in [2.24, 2.45) is 5.41 Å². The number of allylic oxidation sites excluding steroid dienone is 1. The highest BCUT2D eigenvalue weighted by molar-refractivity contribution is 7.89. The van der Waals surface area contributed by atoms with Gasteiger partial charge < -0.3 is 0 Å². The standard InChI is InChI=1S/C12H22S/c1-10(2)11(3,4)8-9-12(5,6)13-7/h7H,1,8-9H2,2-6H3. The van der Waals surface area contributed by atoms with Crippen molar-refractivity contribution in [1.82, 2.24) is 0 Å². The average Bonchev–Trinajstić information content (AvgIpc) is 2.01. The van der Waals surface area contributed by atoms with Gasteiger partial charge in [-0.05, 0) is 39.0 Å². The summed E-state index contributed by atoms with van der Waals surface area (Å²) in [6.45, 7) is 15.0. The average molecular weight is 198 g/mol. The van der Waals surface area contributed by atoms with E-state index in [1.165, 1.54) is 16.7 Å². The van der Waals surface area contributed by atoms with Gasteiger partial charge in [-0.1, -0.05) is 26.0 Å². The van der Waals surface area contributed by atoms with Crippen molar-refractivity contribution in [2.75, 3.05) is 0 Å². The highest BCUT2D eigenvalue weighted by atomic mass is 32.1. The van der Waals surface area contributed by atoms with E-state index < -0.39 is 0 Å². The monoisotopic (exact) mass is 198 g/mol. The van der Waals surface area contributed by atoms with Crippen LogP contribution < -0.4 is 0 Å². The molecule has 0 radical (unpaired) electrons. The van der Waals surface area contributed by atoms with Crippen LogP contribution in [0.3, 0.4) is 0 Å². The van der Waals surface area contributed by atoms with Gasteiger partial charge in [-0.2, -0.15) is 0 Å². The Morgan fingerprint density at radius 1 is 1.23 bits per heavy atom. The lowest BCUT2D eigenvalue weighted by molar-refractivity contribution is 0.375. The molecular weight excluding hydrogens is 176 g/mol. The van der Waals surface area contributed by atoms with Gasteiger partial charge >= 0.3 is 0 Å². The van der Waals surface area contributed by atoms with Crippen LogP contribution in [0.1, 0.15) is 47.5 Å². The number of hydrogen-bond acceptors (Lipinski definition) is 0. The van der Waals surface area contributed by atoms with Gasteiger partial charge in [0.2, 0.25) is 0 Å². The van der Waals surface area contributed by atoms with E-state index >= 15 is 0 Å². The second-order valence-corrected chi connectivity index (χ2v) is 6.38. The second-order valence-electron chi connectivity index (χ2n) is 5.04. The van der Waals surface area contributed by atoms with Gasteiger partial charge in [0.15, 0.2) is 0 Å². The summed E-state index contributed by atoms with van der Waals surface area (Å²) in [7, 11) is 0. The molecule has 0 spiro atoms. The Kier molecular flexibility index (Phi) is 4.22. The molecule has 0 fully saturated rings. The third-order valence-electron chi connectivity index (χ3n) is 2.83. The molecule has 0 rings (SSSR count). The molecule has 0 amide bonds. The summed E-state index contributed by atoms with van der Waals surface area (Å²) < 4.78 is 0.187. The molecule has 0 heterocycles. The van der Waals surface area contributed by atoms with Crippen LogP contribution in [0.5, 0.6) is 0 Å². The van der Waals surface area contributed by atoms with Crippen LogP contribution in [0, 0.1) is 11.1 Å². The minimum atomic E-state index is 0.187. The molecule has 0 bridgehead atoms. The molecule has 0 aromatic rings. The molecule has 0 N–H and O–H groups in total. The predicted octanol–water partition coefficient (Wildman–Crippen LogP) is 4.47. The lowest BCUT2D eigenvalue weighted by Crippen LogP contribution is -2.19. The third kappa shape index (κ3) is 4.50. The van der Waals surface area contributed by atoms with Gasteiger partial charge in [0.1, 0.15) is 0 Å². The number of rotatable bonds is 4. The predicted molar refractivity (Wildman–Crippen MR) is 64.4 cm³/mol. The van der Waals surface area contributed by atoms with Crippen LogP contribution in [0.25, 0.3) is 0 Å². The van der Waals surface area contributed by atoms with Gasteiger partial charge in [-0.3, -0.25) is 0 Å². The van der Waals surface area contributed by atoms with Gasteiger partial charge in [0.25, 0.3) is 0 Å². The Labute approximate surface area is 87.0 Å². The lowest BCUT2D eigenvalue weighted by Gasteiger charge is -2.28. The Morgan fingerprint density at radius 3 is 2.00 bits per heavy atom. The quantitative estimate of drug-likeness (QED) is 0.585. The molecule has 0 aromatic carbocycles. The third-order valence-corrected chi connectivity index (χ3v) is 3.67. The maximum atomic E-state index is 5.61. The van der Waals surface area contributed by atoms with Crippen LogP contribution in [-0.4, -0.2) is 4.75 Å². The maximum Gasteiger partial charge on any atom is 0.0343 e. The van der Waals surface area contributed by atoms with Gasteiger partial charge in [0.05, 0.1) is 0 Å². The largest absolute Gasteiger partial charge is 0.132 e. The molecule has 0 atom stereocenters. The van der Waals surface area contributed by atoms with Crippen molar-refractivity contribution in [3.05, 3.63) is 12.2 Å². The highest BCUT2D eigenvalue weighted by Gasteiger charge is 2.23. The zero-order valence-corrected chi connectivity index (χ0v) is 10.4. The summed E-state index contributed by atoms with van der Waals surface area (Å²) in [6.07, 6.45) is 2.29. The molecule has 0 nitrogen and oxygen atoms in total. The van der Waals surface area contributed by atoms with Gasteiger partial charge in [-0.25, -0.2) is 0 Å². The van der Waals surface area contributed by atoms with E-state index in [9.17, 15) is 0 Å². The second kappa shape index (κ2) is 4.30. The summed E-state index contributed by atoms with van der Waals surface area (Å²) in [5.74, 6) is 0. The zero-order valence-electron chi connectivity index (χ0n) is 9.61. The first-order valence-corrected chi connectivity index (χ1v) is 5.63. The summed E-state index contributed by atoms with van der Waals surface area (Å²) in [4.78, 5) is 0. The Bertz CT molecular complexity index is 228. The first-order valence-electron chi connectivity index (χ1n) is 4.75. The molecule has 0 unspecified atom stereocenters. The molecule has 0 saturated heterocycles. The van der Waals surface area contributed by atoms with Crippen LogP contribution in [0.2, 0.25) is 0 Å². The smallest absolute Gasteiger partial charge is 0.0343 e. The topological polar surface area (TPSA) is 0 Å². The first-order chi connectivity index (χ1) is 5.71. The van der Waals surface area contributed by atoms with Gasteiger partial charge in [0, 0.05) is 4.75 Å². The fourth-order valence-electron chi connectivity index (χ4n) is 0.886. The molecule has 13 heavy (non-hydrogen) atoms. The summed E-state index contributed by atoms with van der Waals surface area (Å²) in [5.41, 5.74) is 7.10. The van der Waals surface area contributed by atoms with E-state index in [0.29, 0.717) is 0 Å². The van der Waals surface area contributed by atoms with E-state index in [1.807, 2.05) is 0 Å². The molecule has 0 aliphatic heterocycles. The Hall–Kier alpha value is -0.260. The Balaban J connectivity index is 4.19. The fraction of sp³-hybridized carbons (Fsp3) is 0.750. The first kappa shape index (κ1) is 12.7. The van der Waals surface area contributed by atoms with Crippen molar-refractivity contribution in [3.8, 4) is 5.69 Å². The van der Waals surface area contributed by atoms with Crippen molar-refractivity contribution in [2.45, 2.75) is 52.2 Å². The van der Waals surface area contributed by atoms with Crippen LogP contribution in [-0.2, 0) is 0 Å². The van der Waals surface area contributed by atoms with Crippen molar-refractivity contribution in [1.29, 1.82) is 0 Å². The fourth-order valence-corrected chi connectivity index (χ4v) is 1.11. The van der Waals surface area contributed by atoms with Gasteiger partial charge in [-0.15, -0.1) is 16.9 Å². The van der Waals surface area contributed by atoms with Crippen molar-refractivity contribution in [3.63, 3.8) is 0 Å². The summed E-state index contributed by atoms with van der Waals surface area (Å²) >= 11 is 1.45. The normalized spacial score (nSPS) is 12.6. The van der Waals surface area contributed by atoms with E-state index in [0.717, 1.165) is 12.8 Å². The lowest BCUT2D eigenvalue weighted by atomic mass is 9.80. The molecule has 76 valence electrons. The van der Waals surface area contributed by atoms with Crippen LogP contribution >= 0.6 is 11.2 Å². The van der Waals surface area contributed by atoms with Crippen LogP contribution in [0.4, 0.5) is 0 Å². The van der Waals surface area contributed by atoms with E-state index in [2.05, 4.69) is 41.2 Å². The molecular formula is C12H22S. The SMILES string of the molecule is C#SC(C)(C)CCC(C)(C)C(=C)C. The maximum absolute atomic E-state index is 5.61. The zero-order chi connectivity index (χ0) is 10.7. The molecule has 0 aromatic heterocycles. The minimum absolute atomic E-state index is 0.187. The summed E-state index contributed by atoms with van der Waals surface area (Å²) in [6, 6.07) is 0. The van der Waals surface area contributed by atoms with E-state index in [1.54, 1.807) is 0 Å². The highest BCUT2D eigenvalue weighted by Crippen LogP contribution is 2.34. The molecule has 0 aliphatic carbocycles. The number of hydrogen-bond donors (Lipinski definition) is 0. The van der Waals surface area contributed by atoms with Crippen molar-refractivity contribution >= 4 is 11.2 Å². The van der Waals surface area contributed by atoms with Crippen LogP contribution in [0.15, 0.2) is 12.2 Å². The summed E-state index contributed by atoms with van der Waals surface area (Å²) in [5, 5.41) is 0. The molecule has 1 heteroatoms. The Morgan fingerprint density at radius 2 is 1.69 bits per heavy atom. The molecule has 0 saturated carbocycles. The molecule has 0 aliphatic rings. The van der Waals surface area contributed by atoms with Crippen molar-refractivity contribution < 1.29 is 0 Å². The van der Waals surface area contributed by atoms with E-state index in [4.69, 9.17) is 5.69 Å². The minimum Gasteiger partial charge on any atom is -0.132 e. The van der Waals surface area contributed by atoms with E-state index in [-0.39, 0.29) is 10.2 Å².